The van der Waals surface area contributed by atoms with Gasteiger partial charge in [-0.15, -0.1) is 4.33 Å². The fourth-order valence-corrected chi connectivity index (χ4v) is 3.43. The summed E-state index contributed by atoms with van der Waals surface area (Å²) < 4.78 is 8.05. The predicted molar refractivity (Wildman–Crippen MR) is 89.5 cm³/mol. The smallest absolute Gasteiger partial charge is 0.209 e. The van der Waals surface area contributed by atoms with Crippen LogP contribution >= 0.6 is 34.6 Å². The van der Waals surface area contributed by atoms with Crippen molar-refractivity contribution in [2.24, 2.45) is 0 Å². The summed E-state index contributed by atoms with van der Waals surface area (Å²) in [4.78, 5) is 0. The Bertz CT molecular complexity index is 531. The number of benzene rings is 1. The van der Waals surface area contributed by atoms with Crippen molar-refractivity contribution in [2.45, 2.75) is 32.6 Å². The molecule has 1 aromatic carbocycles. The lowest BCUT2D eigenvalue weighted by Crippen LogP contribution is -2.26. The molecule has 0 saturated carbocycles. The van der Waals surface area contributed by atoms with Gasteiger partial charge in [0.25, 0.3) is 0 Å². The van der Waals surface area contributed by atoms with Crippen LogP contribution in [0, 0.1) is 3.57 Å². The zero-order valence-corrected chi connectivity index (χ0v) is 14.8. The van der Waals surface area contributed by atoms with E-state index in [9.17, 15) is 0 Å². The van der Waals surface area contributed by atoms with Crippen molar-refractivity contribution in [3.05, 3.63) is 27.3 Å². The molecule has 1 aliphatic heterocycles. The zero-order valence-electron chi connectivity index (χ0n) is 11.9. The van der Waals surface area contributed by atoms with Gasteiger partial charge in [0.15, 0.2) is 5.71 Å². The molecule has 0 aliphatic carbocycles. The second-order valence-electron chi connectivity index (χ2n) is 5.34. The maximum Gasteiger partial charge on any atom is 0.209 e. The van der Waals surface area contributed by atoms with E-state index in [-0.39, 0.29) is 5.41 Å². The van der Waals surface area contributed by atoms with Crippen LogP contribution in [0.4, 0.5) is 5.69 Å². The van der Waals surface area contributed by atoms with Gasteiger partial charge in [-0.1, -0.05) is 5.04 Å². The highest BCUT2D eigenvalue weighted by molar-refractivity contribution is 14.1. The number of hydrogen-bond acceptors (Lipinski definition) is 4. The van der Waals surface area contributed by atoms with Crippen molar-refractivity contribution in [1.29, 1.82) is 0 Å². The molecule has 1 aromatic rings. The Morgan fingerprint density at radius 2 is 2.15 bits per heavy atom. The largest absolute Gasteiger partial charge is 0.220 e. The summed E-state index contributed by atoms with van der Waals surface area (Å²) in [5.74, 6) is 0.768. The average Bonchev–Trinajstić information content (AvgIpc) is 2.59. The molecule has 0 atom stereocenters. The van der Waals surface area contributed by atoms with Crippen LogP contribution in [0.3, 0.4) is 0 Å². The van der Waals surface area contributed by atoms with E-state index >= 15 is 0 Å². The summed E-state index contributed by atoms with van der Waals surface area (Å²) in [5, 5.41) is 11.7. The Hall–Kier alpha value is -0.150. The fourth-order valence-electron chi connectivity index (χ4n) is 2.58. The molecule has 4 nitrogen and oxygen atoms in total. The third-order valence-corrected chi connectivity index (χ3v) is 5.20. The van der Waals surface area contributed by atoms with E-state index in [2.05, 4.69) is 75.5 Å². The summed E-state index contributed by atoms with van der Waals surface area (Å²) in [6.45, 7) is 7.68. The van der Waals surface area contributed by atoms with Crippen LogP contribution < -0.4 is 0 Å². The summed E-state index contributed by atoms with van der Waals surface area (Å²) in [5.41, 5.74) is 4.15. The topological polar surface area (TPSA) is 41.7 Å². The van der Waals surface area contributed by atoms with E-state index in [4.69, 9.17) is 5.26 Å². The van der Waals surface area contributed by atoms with E-state index in [1.165, 1.54) is 20.5 Å². The molecule has 110 valence electrons. The first kappa shape index (κ1) is 16.2. The normalized spacial score (nSPS) is 16.6. The standard InChI is InChI=1S/C14H18INO3S/c1-10-14(2,3)12-9-11(15)5-6-13(12)16(10)7-4-8-20-19-18-17/h5-6,9H,4,7-8H2,1-3H3/p+1. The Balaban J connectivity index is 2.15. The van der Waals surface area contributed by atoms with Gasteiger partial charge < -0.3 is 0 Å². The predicted octanol–water partition coefficient (Wildman–Crippen LogP) is 4.15. The second-order valence-corrected chi connectivity index (χ2v) is 7.37. The monoisotopic (exact) mass is 408 g/mol. The molecule has 1 N–H and O–H groups in total. The third-order valence-electron chi connectivity index (χ3n) is 3.92. The summed E-state index contributed by atoms with van der Waals surface area (Å²) in [6, 6.07) is 6.63. The highest BCUT2D eigenvalue weighted by Crippen LogP contribution is 2.40. The molecular weight excluding hydrogens is 389 g/mol. The Labute approximate surface area is 137 Å². The Kier molecular flexibility index (Phi) is 5.47. The van der Waals surface area contributed by atoms with Crippen molar-refractivity contribution in [1.82, 2.24) is 0 Å². The molecule has 2 rings (SSSR count). The first-order valence-corrected chi connectivity index (χ1v) is 8.48. The zero-order chi connectivity index (χ0) is 14.8. The number of halogens is 1. The molecule has 0 saturated heterocycles. The van der Waals surface area contributed by atoms with Crippen LogP contribution in [0.5, 0.6) is 0 Å². The van der Waals surface area contributed by atoms with Gasteiger partial charge in [0.1, 0.15) is 6.54 Å². The van der Waals surface area contributed by atoms with Crippen LogP contribution in [0.2, 0.25) is 0 Å². The SMILES string of the molecule is CC1=[N+](CCCSOOO)c2ccc(I)cc2C1(C)C. The van der Waals surface area contributed by atoms with Gasteiger partial charge in [-0.2, -0.15) is 4.58 Å². The number of rotatable bonds is 6. The van der Waals surface area contributed by atoms with Gasteiger partial charge in [0.05, 0.1) is 5.41 Å². The van der Waals surface area contributed by atoms with Crippen molar-refractivity contribution in [2.75, 3.05) is 12.3 Å². The number of fused-ring (bicyclic) bond motifs is 1. The maximum absolute atomic E-state index is 8.09. The van der Waals surface area contributed by atoms with Gasteiger partial charge in [-0.05, 0) is 48.6 Å². The van der Waals surface area contributed by atoms with Gasteiger partial charge in [-0.25, -0.2) is 5.26 Å². The van der Waals surface area contributed by atoms with Crippen LogP contribution in [0.1, 0.15) is 32.8 Å². The van der Waals surface area contributed by atoms with Gasteiger partial charge in [0, 0.05) is 46.3 Å². The minimum Gasteiger partial charge on any atom is -0.220 e. The molecule has 0 aromatic heterocycles. The molecule has 1 heterocycles. The molecule has 0 unspecified atom stereocenters. The third kappa shape index (κ3) is 3.19. The first-order valence-electron chi connectivity index (χ1n) is 6.50. The fraction of sp³-hybridized carbons (Fsp3) is 0.500. The highest BCUT2D eigenvalue weighted by Gasteiger charge is 2.42. The average molecular weight is 408 g/mol. The van der Waals surface area contributed by atoms with Crippen LogP contribution in [-0.4, -0.2) is 27.8 Å². The van der Waals surface area contributed by atoms with E-state index in [0.717, 1.165) is 30.8 Å². The minimum atomic E-state index is 0.0777. The summed E-state index contributed by atoms with van der Waals surface area (Å²) >= 11 is 3.47. The number of nitrogens with zero attached hydrogens (tertiary/aromatic N) is 1. The van der Waals surface area contributed by atoms with E-state index in [1.54, 1.807) is 0 Å². The van der Waals surface area contributed by atoms with E-state index in [0.29, 0.717) is 0 Å². The molecule has 0 fully saturated rings. The van der Waals surface area contributed by atoms with E-state index < -0.39 is 0 Å². The molecule has 0 radical (unpaired) electrons. The molecule has 0 spiro atoms. The lowest BCUT2D eigenvalue weighted by atomic mass is 9.82. The molecule has 20 heavy (non-hydrogen) atoms. The molecule has 1 aliphatic rings. The molecule has 6 heteroatoms. The maximum atomic E-state index is 8.09. The van der Waals surface area contributed by atoms with Crippen molar-refractivity contribution in [3.63, 3.8) is 0 Å². The lowest BCUT2D eigenvalue weighted by Gasteiger charge is -2.14. The Morgan fingerprint density at radius 3 is 2.85 bits per heavy atom. The van der Waals surface area contributed by atoms with Crippen molar-refractivity contribution < 1.29 is 19.2 Å². The lowest BCUT2D eigenvalue weighted by molar-refractivity contribution is -0.439. The minimum absolute atomic E-state index is 0.0777. The van der Waals surface area contributed by atoms with Gasteiger partial charge in [0.2, 0.25) is 5.69 Å². The van der Waals surface area contributed by atoms with Crippen LogP contribution in [-0.2, 0) is 14.8 Å². The van der Waals surface area contributed by atoms with Crippen LogP contribution in [0.15, 0.2) is 18.2 Å². The van der Waals surface area contributed by atoms with Crippen LogP contribution in [0.25, 0.3) is 0 Å². The highest BCUT2D eigenvalue weighted by atomic mass is 127. The van der Waals surface area contributed by atoms with Gasteiger partial charge >= 0.3 is 0 Å². The molecule has 0 amide bonds. The molecular formula is C14H19INO3S+. The summed E-state index contributed by atoms with van der Waals surface area (Å²) in [7, 11) is 0. The Morgan fingerprint density at radius 1 is 1.40 bits per heavy atom. The quantitative estimate of drug-likeness (QED) is 0.192. The van der Waals surface area contributed by atoms with Crippen molar-refractivity contribution >= 4 is 46.0 Å². The van der Waals surface area contributed by atoms with Crippen molar-refractivity contribution in [3.8, 4) is 0 Å². The first-order chi connectivity index (χ1) is 9.48. The summed E-state index contributed by atoms with van der Waals surface area (Å²) in [6.07, 6.45) is 0.951. The van der Waals surface area contributed by atoms with Gasteiger partial charge in [-0.3, -0.25) is 0 Å². The number of hydrogen-bond donors (Lipinski definition) is 1. The molecule has 0 bridgehead atoms. The second kappa shape index (κ2) is 6.74. The van der Waals surface area contributed by atoms with E-state index in [1.807, 2.05) is 0 Å².